The summed E-state index contributed by atoms with van der Waals surface area (Å²) in [5.41, 5.74) is 0.0168. The Morgan fingerprint density at radius 1 is 0.846 bits per heavy atom. The van der Waals surface area contributed by atoms with Crippen molar-refractivity contribution in [1.29, 1.82) is 0 Å². The Labute approximate surface area is 148 Å². The molecule has 1 aliphatic rings. The summed E-state index contributed by atoms with van der Waals surface area (Å²) >= 11 is 0. The number of hydrogen-bond donors (Lipinski definition) is 0. The lowest BCUT2D eigenvalue weighted by molar-refractivity contribution is -0.137. The summed E-state index contributed by atoms with van der Waals surface area (Å²) < 4.78 is 39.6. The average molecular weight is 365 g/mol. The Bertz CT molecular complexity index is 804. The number of hydrogen-bond acceptors (Lipinski definition) is 2. The van der Waals surface area contributed by atoms with E-state index in [1.54, 1.807) is 32.8 Å². The second kappa shape index (κ2) is 6.86. The number of carbonyl (C=O) groups is 2. The summed E-state index contributed by atoms with van der Waals surface area (Å²) in [4.78, 5) is 28.1. The van der Waals surface area contributed by atoms with Crippen molar-refractivity contribution in [3.63, 3.8) is 0 Å². The Balaban J connectivity index is 1.61. The standard InChI is InChI=1S/C18H18F3N3O2/c1-22-7-6-14(12-22)17(26)24-10-8-23(9-11-24)16(25)13-2-4-15(5-3-13)18(19,20)21/h2-7,12H,8-11H2,1H3. The third-order valence-electron chi connectivity index (χ3n) is 4.39. The van der Waals surface area contributed by atoms with E-state index < -0.39 is 11.7 Å². The van der Waals surface area contributed by atoms with Crippen LogP contribution in [0, 0.1) is 0 Å². The number of amides is 2. The smallest absolute Gasteiger partial charge is 0.356 e. The zero-order valence-electron chi connectivity index (χ0n) is 14.2. The van der Waals surface area contributed by atoms with Crippen LogP contribution in [0.1, 0.15) is 26.3 Å². The summed E-state index contributed by atoms with van der Waals surface area (Å²) in [6.07, 6.45) is -0.898. The first-order valence-corrected chi connectivity index (χ1v) is 8.13. The molecule has 1 fully saturated rings. The van der Waals surface area contributed by atoms with Crippen LogP contribution in [0.25, 0.3) is 0 Å². The lowest BCUT2D eigenvalue weighted by Crippen LogP contribution is -2.50. The minimum absolute atomic E-state index is 0.0905. The largest absolute Gasteiger partial charge is 0.416 e. The fraction of sp³-hybridized carbons (Fsp3) is 0.333. The van der Waals surface area contributed by atoms with Crippen molar-refractivity contribution in [1.82, 2.24) is 14.4 Å². The van der Waals surface area contributed by atoms with Gasteiger partial charge >= 0.3 is 6.18 Å². The van der Waals surface area contributed by atoms with Gasteiger partial charge in [0.05, 0.1) is 11.1 Å². The van der Waals surface area contributed by atoms with Gasteiger partial charge < -0.3 is 14.4 Å². The molecule has 2 heterocycles. The molecule has 0 spiro atoms. The Hall–Kier alpha value is -2.77. The Morgan fingerprint density at radius 3 is 1.77 bits per heavy atom. The number of carbonyl (C=O) groups excluding carboxylic acids is 2. The summed E-state index contributed by atoms with van der Waals surface area (Å²) in [7, 11) is 1.83. The molecule has 5 nitrogen and oxygen atoms in total. The molecular weight excluding hydrogens is 347 g/mol. The summed E-state index contributed by atoms with van der Waals surface area (Å²) in [5, 5.41) is 0. The van der Waals surface area contributed by atoms with Crippen LogP contribution in [0.4, 0.5) is 13.2 Å². The number of piperazine rings is 1. The van der Waals surface area contributed by atoms with Gasteiger partial charge in [-0.3, -0.25) is 9.59 Å². The highest BCUT2D eigenvalue weighted by Crippen LogP contribution is 2.29. The molecule has 138 valence electrons. The van der Waals surface area contributed by atoms with Gasteiger partial charge in [0.2, 0.25) is 0 Å². The molecule has 3 rings (SSSR count). The number of alkyl halides is 3. The molecular formula is C18H18F3N3O2. The number of aromatic nitrogens is 1. The van der Waals surface area contributed by atoms with Crippen molar-refractivity contribution in [2.75, 3.05) is 26.2 Å². The van der Waals surface area contributed by atoms with Crippen molar-refractivity contribution in [3.8, 4) is 0 Å². The second-order valence-electron chi connectivity index (χ2n) is 6.23. The van der Waals surface area contributed by atoms with Gasteiger partial charge in [0.25, 0.3) is 11.8 Å². The van der Waals surface area contributed by atoms with Crippen LogP contribution in [0.15, 0.2) is 42.7 Å². The minimum Gasteiger partial charge on any atom is -0.356 e. The maximum absolute atomic E-state index is 12.6. The fourth-order valence-corrected chi connectivity index (χ4v) is 2.91. The Kier molecular flexibility index (Phi) is 4.76. The topological polar surface area (TPSA) is 45.6 Å². The molecule has 26 heavy (non-hydrogen) atoms. The van der Waals surface area contributed by atoms with Crippen LogP contribution in [-0.2, 0) is 13.2 Å². The van der Waals surface area contributed by atoms with Crippen molar-refractivity contribution in [3.05, 3.63) is 59.4 Å². The lowest BCUT2D eigenvalue weighted by Gasteiger charge is -2.34. The SMILES string of the molecule is Cn1ccc(C(=O)N2CCN(C(=O)c3ccc(C(F)(F)F)cc3)CC2)c1. The van der Waals surface area contributed by atoms with Gasteiger partial charge in [-0.25, -0.2) is 0 Å². The Morgan fingerprint density at radius 2 is 1.35 bits per heavy atom. The maximum atomic E-state index is 12.6. The van der Waals surface area contributed by atoms with E-state index in [1.807, 2.05) is 7.05 Å². The molecule has 0 unspecified atom stereocenters. The number of benzene rings is 1. The van der Waals surface area contributed by atoms with Gasteiger partial charge in [0.15, 0.2) is 0 Å². The highest BCUT2D eigenvalue weighted by Gasteiger charge is 2.31. The molecule has 2 aromatic rings. The summed E-state index contributed by atoms with van der Waals surface area (Å²) in [6.45, 7) is 1.47. The maximum Gasteiger partial charge on any atom is 0.416 e. The molecule has 0 N–H and O–H groups in total. The second-order valence-corrected chi connectivity index (χ2v) is 6.23. The third kappa shape index (κ3) is 3.74. The van der Waals surface area contributed by atoms with E-state index in [0.717, 1.165) is 12.1 Å². The third-order valence-corrected chi connectivity index (χ3v) is 4.39. The van der Waals surface area contributed by atoms with E-state index in [4.69, 9.17) is 0 Å². The van der Waals surface area contributed by atoms with Gasteiger partial charge in [0.1, 0.15) is 0 Å². The molecule has 0 saturated carbocycles. The molecule has 0 atom stereocenters. The molecule has 0 bridgehead atoms. The lowest BCUT2D eigenvalue weighted by atomic mass is 10.1. The molecule has 8 heteroatoms. The van der Waals surface area contributed by atoms with Crippen molar-refractivity contribution < 1.29 is 22.8 Å². The van der Waals surface area contributed by atoms with Crippen molar-refractivity contribution >= 4 is 11.8 Å². The molecule has 1 aromatic heterocycles. The summed E-state index contributed by atoms with van der Waals surface area (Å²) in [6, 6.07) is 5.92. The van der Waals surface area contributed by atoms with Crippen molar-refractivity contribution in [2.24, 2.45) is 7.05 Å². The van der Waals surface area contributed by atoms with E-state index in [9.17, 15) is 22.8 Å². The first-order chi connectivity index (χ1) is 12.3. The fourth-order valence-electron chi connectivity index (χ4n) is 2.91. The van der Waals surface area contributed by atoms with Gasteiger partial charge in [-0.1, -0.05) is 0 Å². The quantitative estimate of drug-likeness (QED) is 0.821. The van der Waals surface area contributed by atoms with Crippen molar-refractivity contribution in [2.45, 2.75) is 6.18 Å². The first-order valence-electron chi connectivity index (χ1n) is 8.13. The molecule has 1 aliphatic heterocycles. The van der Waals surface area contributed by atoms with Crippen LogP contribution in [-0.4, -0.2) is 52.4 Å². The zero-order chi connectivity index (χ0) is 18.9. The molecule has 0 radical (unpaired) electrons. The predicted molar refractivity (Wildman–Crippen MR) is 88.7 cm³/mol. The number of rotatable bonds is 2. The van der Waals surface area contributed by atoms with Crippen LogP contribution in [0.2, 0.25) is 0 Å². The molecule has 0 aliphatic carbocycles. The molecule has 2 amide bonds. The van der Waals surface area contributed by atoms with Crippen LogP contribution in [0.3, 0.4) is 0 Å². The highest BCUT2D eigenvalue weighted by atomic mass is 19.4. The monoisotopic (exact) mass is 365 g/mol. The van der Waals surface area contributed by atoms with E-state index in [2.05, 4.69) is 0 Å². The number of nitrogens with zero attached hydrogens (tertiary/aromatic N) is 3. The van der Waals surface area contributed by atoms with Gasteiger partial charge in [-0.15, -0.1) is 0 Å². The normalized spacial score (nSPS) is 15.2. The van der Waals surface area contributed by atoms with Crippen LogP contribution >= 0.6 is 0 Å². The molecule has 1 aromatic carbocycles. The van der Waals surface area contributed by atoms with E-state index in [-0.39, 0.29) is 17.4 Å². The number of aryl methyl sites for hydroxylation is 1. The predicted octanol–water partition coefficient (Wildman–Crippen LogP) is 2.64. The minimum atomic E-state index is -4.43. The van der Waals surface area contributed by atoms with Crippen LogP contribution < -0.4 is 0 Å². The summed E-state index contributed by atoms with van der Waals surface area (Å²) in [5.74, 6) is -0.419. The van der Waals surface area contributed by atoms with E-state index in [0.29, 0.717) is 31.7 Å². The first kappa shape index (κ1) is 18.0. The van der Waals surface area contributed by atoms with E-state index >= 15 is 0 Å². The average Bonchev–Trinajstić information content (AvgIpc) is 3.06. The van der Waals surface area contributed by atoms with Gasteiger partial charge in [0, 0.05) is 51.2 Å². The van der Waals surface area contributed by atoms with Crippen LogP contribution in [0.5, 0.6) is 0 Å². The zero-order valence-corrected chi connectivity index (χ0v) is 14.2. The van der Waals surface area contributed by atoms with E-state index in [1.165, 1.54) is 12.1 Å². The number of halogens is 3. The van der Waals surface area contributed by atoms with Gasteiger partial charge in [-0.2, -0.15) is 13.2 Å². The van der Waals surface area contributed by atoms with Gasteiger partial charge in [-0.05, 0) is 30.3 Å². The highest BCUT2D eigenvalue weighted by molar-refractivity contribution is 5.96. The molecule has 1 saturated heterocycles.